The first-order chi connectivity index (χ1) is 59.7. The Labute approximate surface area is 750 Å². The zero-order chi connectivity index (χ0) is 95.1. The van der Waals surface area contributed by atoms with Crippen LogP contribution in [0.4, 0.5) is 133 Å². The Balaban J connectivity index is 0.000000400. The molecule has 0 amide bonds. The van der Waals surface area contributed by atoms with Gasteiger partial charge in [-0.15, -0.1) is 0 Å². The van der Waals surface area contributed by atoms with Gasteiger partial charge in [0, 0.05) is 0 Å². The van der Waals surface area contributed by atoms with E-state index in [-0.39, 0.29) is 85.5 Å². The molecule has 8 aromatic carbocycles. The molecule has 50 heteroatoms. The van der Waals surface area contributed by atoms with Gasteiger partial charge in [-0.05, 0) is 243 Å². The van der Waals surface area contributed by atoms with Crippen molar-refractivity contribution in [2.45, 2.75) is 22.0 Å². The van der Waals surface area contributed by atoms with E-state index in [4.69, 9.17) is 51.9 Å². The average Bonchev–Trinajstić information content (AvgIpc) is 0.881. The Bertz CT molecular complexity index is 5280. The number of alkyl halides is 12. The van der Waals surface area contributed by atoms with Crippen molar-refractivity contribution in [1.29, 1.82) is 0 Å². The number of benzene rings is 8. The maximum Gasteiger partial charge on any atom is 2.00 e. The maximum atomic E-state index is 12.9. The number of rotatable bonds is 16. The van der Waals surface area contributed by atoms with Crippen LogP contribution in [0.3, 0.4) is 0 Å². The van der Waals surface area contributed by atoms with Gasteiger partial charge in [-0.1, -0.05) is 24.3 Å². The van der Waals surface area contributed by atoms with E-state index in [0.717, 1.165) is 0 Å². The van der Waals surface area contributed by atoms with Crippen molar-refractivity contribution >= 4 is 136 Å². The van der Waals surface area contributed by atoms with Gasteiger partial charge in [0.15, 0.2) is 40.5 Å². The number of aliphatic imine (C=N–C) groups is 8. The summed E-state index contributed by atoms with van der Waals surface area (Å²) in [6.07, 6.45) is 12.8. The van der Waals surface area contributed by atoms with Crippen LogP contribution in [0.2, 0.25) is 0 Å². The van der Waals surface area contributed by atoms with Crippen LogP contribution in [0, 0.1) is 46.5 Å². The molecule has 0 N–H and O–H groups in total. The van der Waals surface area contributed by atoms with Crippen LogP contribution < -0.4 is 0 Å². The third-order valence-corrected chi connectivity index (χ3v) is 16.0. The second kappa shape index (κ2) is 52.6. The Hall–Kier alpha value is -12.8. The fourth-order valence-corrected chi connectivity index (χ4v) is 7.79. The Morgan fingerprint density at radius 3 is 0.354 bits per heavy atom. The third kappa shape index (κ3) is 44.8. The molecule has 0 spiro atoms. The SMILES string of the molecule is Fc1ccc(N=Cc2cccc(C=Nc3ccc(F)cc3)n2)cc1.Fc1ccc(N=Cc2cccc(C=Nc3ccc(F)cc3)n2)cc1.Fc1ccc(N=Cc2cccc(C=Nc3ccc(F)cc3)n2)cc1.Fc1ccc(N=Cc2cccc(C=Nc3ccc(F)cc3)n2)cc1.O=S(=O)([O-])C(F)(F)F.O=S(=O)([O-])C(F)(F)F.O=S(=O)([O-])C(F)(F)F.O=S(=O)([O-])C(F)(F)F.[Zn+2].[Zn+2]. The number of pyridine rings is 4. The summed E-state index contributed by atoms with van der Waals surface area (Å²) < 4.78 is 338. The summed E-state index contributed by atoms with van der Waals surface area (Å²) in [6, 6.07) is 68.9. The van der Waals surface area contributed by atoms with Gasteiger partial charge in [-0.25, -0.2) is 88.7 Å². The van der Waals surface area contributed by atoms with Gasteiger partial charge in [0.2, 0.25) is 0 Å². The molecule has 0 bridgehead atoms. The Kier molecular flexibility index (Phi) is 45.1. The van der Waals surface area contributed by atoms with Crippen molar-refractivity contribution in [2.24, 2.45) is 39.9 Å². The molecule has 4 aromatic heterocycles. The normalized spacial score (nSPS) is 11.9. The first-order valence-electron chi connectivity index (χ1n) is 34.1. The summed E-state index contributed by atoms with van der Waals surface area (Å²) in [7, 11) is -24.4. The first kappa shape index (κ1) is 111. The minimum Gasteiger partial charge on any atom is -0.741 e. The van der Waals surface area contributed by atoms with Crippen molar-refractivity contribution in [3.8, 4) is 0 Å². The smallest absolute Gasteiger partial charge is 0.741 e. The minimum atomic E-state index is -6.09. The summed E-state index contributed by atoms with van der Waals surface area (Å²) in [6.45, 7) is 0. The van der Waals surface area contributed by atoms with Crippen molar-refractivity contribution < 1.29 is 179 Å². The molecule has 0 aliphatic carbocycles. The Morgan fingerprint density at radius 2 is 0.277 bits per heavy atom. The van der Waals surface area contributed by atoms with Gasteiger partial charge in [-0.3, -0.25) is 39.9 Å². The minimum absolute atomic E-state index is 0. The zero-order valence-corrected chi connectivity index (χ0v) is 74.1. The van der Waals surface area contributed by atoms with E-state index in [1.807, 2.05) is 72.8 Å². The van der Waals surface area contributed by atoms with Gasteiger partial charge in [0.25, 0.3) is 0 Å². The van der Waals surface area contributed by atoms with Crippen molar-refractivity contribution in [3.63, 3.8) is 0 Å². The molecule has 0 saturated carbocycles. The first-order valence-corrected chi connectivity index (χ1v) is 39.7. The largest absolute Gasteiger partial charge is 2.00 e. The number of halogens is 20. The molecule has 672 valence electrons. The quantitative estimate of drug-likeness (QED) is 0.0285. The Morgan fingerprint density at radius 1 is 0.192 bits per heavy atom. The third-order valence-electron chi connectivity index (χ3n) is 13.7. The van der Waals surface area contributed by atoms with Crippen LogP contribution in [-0.4, -0.2) is 144 Å². The topological polar surface area (TPSA) is 379 Å². The van der Waals surface area contributed by atoms with Crippen LogP contribution in [0.15, 0.2) is 307 Å². The molecule has 0 saturated heterocycles. The molecular weight excluding hydrogens is 1960 g/mol. The van der Waals surface area contributed by atoms with Gasteiger partial charge in [0.1, 0.15) is 46.5 Å². The van der Waals surface area contributed by atoms with Crippen molar-refractivity contribution in [2.75, 3.05) is 0 Å². The van der Waals surface area contributed by atoms with E-state index in [9.17, 15) is 87.8 Å². The van der Waals surface area contributed by atoms with E-state index in [0.29, 0.717) is 91.1 Å². The molecule has 12 rings (SSSR count). The molecule has 0 radical (unpaired) electrons. The fourth-order valence-electron chi connectivity index (χ4n) is 7.79. The summed E-state index contributed by atoms with van der Waals surface area (Å²) in [4.78, 5) is 51.5. The molecular formula is C80H52F20N12O12S4Zn2. The number of aromatic nitrogens is 4. The maximum absolute atomic E-state index is 12.9. The molecule has 0 aliphatic heterocycles. The number of hydrogen-bond donors (Lipinski definition) is 0. The standard InChI is InChI=1S/4C19H13F2N3.4CHF3O3S.2Zn/c4*20-14-4-8-16(9-5-14)22-12-18-2-1-3-19(24-18)13-23-17-10-6-15(21)7-11-17;4*2-1(3,4)8(5,6)7;;/h4*1-13H;4*(H,5,6,7);;/q;;;;;;;;2*+2/p-4. The van der Waals surface area contributed by atoms with Crippen LogP contribution in [0.25, 0.3) is 0 Å². The summed E-state index contributed by atoms with van der Waals surface area (Å²) >= 11 is 0. The van der Waals surface area contributed by atoms with Crippen molar-refractivity contribution in [1.82, 2.24) is 19.9 Å². The van der Waals surface area contributed by atoms with Gasteiger partial charge in [0.05, 0.1) is 141 Å². The van der Waals surface area contributed by atoms with Crippen LogP contribution in [0.5, 0.6) is 0 Å². The molecule has 130 heavy (non-hydrogen) atoms. The molecule has 0 unspecified atom stereocenters. The van der Waals surface area contributed by atoms with E-state index < -0.39 is 62.5 Å². The fraction of sp³-hybridized carbons (Fsp3) is 0.0500. The second-order valence-electron chi connectivity index (χ2n) is 23.4. The number of nitrogens with zero attached hydrogens (tertiary/aromatic N) is 12. The van der Waals surface area contributed by atoms with Crippen molar-refractivity contribution in [3.05, 3.63) is 359 Å². The van der Waals surface area contributed by atoms with E-state index in [1.54, 1.807) is 147 Å². The van der Waals surface area contributed by atoms with E-state index >= 15 is 0 Å². The predicted octanol–water partition coefficient (Wildman–Crippen LogP) is 19.6. The summed E-state index contributed by atoms with van der Waals surface area (Å²) in [5, 5.41) is 0. The molecule has 24 nitrogen and oxygen atoms in total. The van der Waals surface area contributed by atoms with Gasteiger partial charge < -0.3 is 18.2 Å². The molecule has 4 heterocycles. The average molecular weight is 2010 g/mol. The molecule has 0 atom stereocenters. The van der Waals surface area contributed by atoms with E-state index in [2.05, 4.69) is 59.9 Å². The predicted molar refractivity (Wildman–Crippen MR) is 429 cm³/mol. The zero-order valence-electron chi connectivity index (χ0n) is 64.9. The van der Waals surface area contributed by atoms with Gasteiger partial charge >= 0.3 is 61.0 Å². The molecule has 0 aliphatic rings. The number of hydrogen-bond acceptors (Lipinski definition) is 24. The van der Waals surface area contributed by atoms with Gasteiger partial charge in [-0.2, -0.15) is 52.7 Å². The molecule has 0 fully saturated rings. The monoisotopic (exact) mass is 2010 g/mol. The molecule has 12 aromatic rings. The van der Waals surface area contributed by atoms with Crippen LogP contribution in [-0.2, 0) is 79.4 Å². The summed E-state index contributed by atoms with van der Waals surface area (Å²) in [5.74, 6) is -2.40. The van der Waals surface area contributed by atoms with Crippen LogP contribution >= 0.6 is 0 Å². The summed E-state index contributed by atoms with van der Waals surface area (Å²) in [5.41, 5.74) is -12.2. The van der Waals surface area contributed by atoms with Crippen LogP contribution in [0.1, 0.15) is 45.6 Å². The second-order valence-corrected chi connectivity index (χ2v) is 28.9. The van der Waals surface area contributed by atoms with E-state index in [1.165, 1.54) is 97.1 Å².